The van der Waals surface area contributed by atoms with Crippen LogP contribution >= 0.6 is 17.2 Å². The van der Waals surface area contributed by atoms with E-state index < -0.39 is 0 Å². The second-order valence-electron chi connectivity index (χ2n) is 17.9. The third-order valence-corrected chi connectivity index (χ3v) is 20.2. The average molecular weight is 713 g/mol. The largest absolute Gasteiger partial charge is 0.748 e. The molecular weight excluding hydrogens is 650 g/mol. The van der Waals surface area contributed by atoms with E-state index in [9.17, 15) is 0 Å². The van der Waals surface area contributed by atoms with Gasteiger partial charge in [-0.1, -0.05) is 20.8 Å². The van der Waals surface area contributed by atoms with Gasteiger partial charge in [0.25, 0.3) is 0 Å². The normalized spacial score (nSPS) is 43.4. The summed E-state index contributed by atoms with van der Waals surface area (Å²) in [5, 5.41) is 8.30. The van der Waals surface area contributed by atoms with Crippen molar-refractivity contribution in [2.24, 2.45) is 47.3 Å². The number of nitrogens with one attached hydrogen (secondary N) is 2. The summed E-state index contributed by atoms with van der Waals surface area (Å²) in [5.41, 5.74) is 5.74. The van der Waals surface area contributed by atoms with Crippen LogP contribution < -0.4 is 10.6 Å². The van der Waals surface area contributed by atoms with Crippen LogP contribution in [0.4, 0.5) is 0 Å². The number of hydrogen-bond acceptors (Lipinski definition) is 2. The molecule has 0 aromatic heterocycles. The summed E-state index contributed by atoms with van der Waals surface area (Å²) in [6.07, 6.45) is 25.8. The molecule has 10 fully saturated rings. The molecule has 8 saturated carbocycles. The molecule has 12 rings (SSSR count). The van der Waals surface area contributed by atoms with Crippen LogP contribution in [0.15, 0.2) is 48.5 Å². The molecule has 0 spiro atoms. The Balaban J connectivity index is 0.000000497. The number of piperidine rings is 2. The zero-order valence-corrected chi connectivity index (χ0v) is 32.0. The van der Waals surface area contributed by atoms with Crippen molar-refractivity contribution in [3.63, 3.8) is 0 Å². The van der Waals surface area contributed by atoms with E-state index in [1.807, 2.05) is 30.3 Å². The quantitative estimate of drug-likeness (QED) is 0.170. The van der Waals surface area contributed by atoms with Gasteiger partial charge in [-0.05, 0) is 173 Å². The predicted molar refractivity (Wildman–Crippen MR) is 199 cm³/mol. The Hall–Kier alpha value is -0.000519. The molecule has 0 amide bonds. The zero-order chi connectivity index (χ0) is 30.7. The summed E-state index contributed by atoms with van der Waals surface area (Å²) in [5.74, 6) is 8.78. The van der Waals surface area contributed by atoms with E-state index in [0.717, 1.165) is 58.7 Å². The molecule has 8 aliphatic carbocycles. The van der Waals surface area contributed by atoms with Crippen LogP contribution in [0.2, 0.25) is 0 Å². The smallest absolute Gasteiger partial charge is 0.0108 e. The molecule has 2 heterocycles. The molecule has 0 radical (unpaired) electrons. The second-order valence-corrected chi connectivity index (χ2v) is 21.4. The molecule has 8 bridgehead atoms. The van der Waals surface area contributed by atoms with Crippen molar-refractivity contribution in [2.45, 2.75) is 137 Å². The first-order valence-corrected chi connectivity index (χ1v) is 22.3. The van der Waals surface area contributed by atoms with Crippen LogP contribution in [0.5, 0.6) is 0 Å². The molecule has 2 N–H and O–H groups in total. The number of rotatable bonds is 7. The van der Waals surface area contributed by atoms with Crippen LogP contribution in [0.1, 0.15) is 114 Å². The van der Waals surface area contributed by atoms with E-state index in [-0.39, 0.29) is 30.1 Å². The van der Waals surface area contributed by atoms with Crippen LogP contribution in [0, 0.1) is 47.3 Å². The summed E-state index contributed by atoms with van der Waals surface area (Å²) >= 11 is 0. The molecule has 2 aliphatic heterocycles. The van der Waals surface area contributed by atoms with Crippen molar-refractivity contribution in [3.05, 3.63) is 59.7 Å². The minimum atomic E-state index is 0. The maximum atomic E-state index is 4.08. The van der Waals surface area contributed by atoms with Crippen molar-refractivity contribution in [3.8, 4) is 0 Å². The molecule has 3 atom stereocenters. The zero-order valence-electron chi connectivity index (χ0n) is 28.9. The monoisotopic (exact) mass is 712 g/mol. The molecule has 3 unspecified atom stereocenters. The minimum absolute atomic E-state index is 0. The molecule has 2 aromatic carbocycles. The minimum Gasteiger partial charge on any atom is -0.748 e. The van der Waals surface area contributed by atoms with Crippen LogP contribution in [-0.2, 0) is 28.4 Å². The van der Waals surface area contributed by atoms with E-state index in [4.69, 9.17) is 0 Å². The van der Waals surface area contributed by atoms with E-state index >= 15 is 0 Å². The Kier molecular flexibility index (Phi) is 10.6. The van der Waals surface area contributed by atoms with Gasteiger partial charge in [0, 0.05) is 29.2 Å². The summed E-state index contributed by atoms with van der Waals surface area (Å²) in [6, 6.07) is 18.9. The maximum Gasteiger partial charge on any atom is 0.0108 e. The Morgan fingerprint density at radius 1 is 0.660 bits per heavy atom. The van der Waals surface area contributed by atoms with Gasteiger partial charge in [0.05, 0.1) is 0 Å². The van der Waals surface area contributed by atoms with Crippen molar-refractivity contribution in [1.29, 1.82) is 0 Å². The van der Waals surface area contributed by atoms with Crippen molar-refractivity contribution < 1.29 is 17.1 Å². The number of hydrogen-bond donors (Lipinski definition) is 2. The summed E-state index contributed by atoms with van der Waals surface area (Å²) in [6.45, 7) is 2.41. The standard InChI is InChI=1S/C37H57N2P2.C5H5.Fe/c40-37(33-8-1-3-10-38-33,34-9-2-4-11-39-34)32-7-5-6-27(32)22-41(35-28-14-23-12-24(16-28)17-29(35)15-23)36-30-18-25-13-26(20-30)21-31(36)19-25;1-2-4-5-3-1;/h5-7,23-26,28-31,33-36,38-39H,1-4,8-22,40H2;1-5H;/q-1;-5;. The van der Waals surface area contributed by atoms with Crippen molar-refractivity contribution in [1.82, 2.24) is 10.6 Å². The van der Waals surface area contributed by atoms with Crippen LogP contribution in [0.3, 0.4) is 0 Å². The van der Waals surface area contributed by atoms with Crippen LogP contribution in [0.25, 0.3) is 0 Å². The molecule has 264 valence electrons. The van der Waals surface area contributed by atoms with Gasteiger partial charge in [0.2, 0.25) is 0 Å². The SMILES string of the molecule is PC([c-]1cccc1CP(C1C2CC3CC(C2)CC1C3)C1C2CC3CC(C2)CC1C3)(C1CCCCN1)C1CCCCN1.[Fe].[cH-]1[cH-][cH-][cH-][cH-]1. The predicted octanol–water partition coefficient (Wildman–Crippen LogP) is 9.79. The Bertz CT molecular complexity index is 1140. The van der Waals surface area contributed by atoms with Crippen molar-refractivity contribution in [2.75, 3.05) is 13.1 Å². The fraction of sp³-hybridized carbons (Fsp3) is 0.762. The summed E-state index contributed by atoms with van der Waals surface area (Å²) in [7, 11) is 3.60. The molecule has 47 heavy (non-hydrogen) atoms. The van der Waals surface area contributed by atoms with Gasteiger partial charge in [-0.25, -0.2) is 12.1 Å². The van der Waals surface area contributed by atoms with Gasteiger partial charge in [-0.2, -0.15) is 11.6 Å². The maximum absolute atomic E-state index is 4.08. The first-order valence-electron chi connectivity index (χ1n) is 20.1. The van der Waals surface area contributed by atoms with Gasteiger partial charge in [-0.15, -0.1) is 14.8 Å². The molecule has 2 nitrogen and oxygen atoms in total. The second kappa shape index (κ2) is 14.6. The summed E-state index contributed by atoms with van der Waals surface area (Å²) < 4.78 is 0. The third-order valence-electron chi connectivity index (χ3n) is 15.2. The Morgan fingerprint density at radius 2 is 1.09 bits per heavy atom. The first-order chi connectivity index (χ1) is 22.6. The molecule has 2 aromatic rings. The van der Waals surface area contributed by atoms with Gasteiger partial charge in [0.1, 0.15) is 0 Å². The summed E-state index contributed by atoms with van der Waals surface area (Å²) in [4.78, 5) is 0. The van der Waals surface area contributed by atoms with E-state index in [1.54, 1.807) is 75.3 Å². The first kappa shape index (κ1) is 34.1. The van der Waals surface area contributed by atoms with E-state index in [1.165, 1.54) is 57.8 Å². The van der Waals surface area contributed by atoms with Gasteiger partial charge < -0.3 is 41.0 Å². The molecule has 5 heteroatoms. The Labute approximate surface area is 301 Å². The fourth-order valence-corrected chi connectivity index (χ4v) is 19.4. The third kappa shape index (κ3) is 6.51. The molecule has 2 saturated heterocycles. The molecular formula is C42H62FeN2P2-6. The van der Waals surface area contributed by atoms with Gasteiger partial charge in [0.15, 0.2) is 0 Å². The Morgan fingerprint density at radius 3 is 1.47 bits per heavy atom. The molecule has 10 aliphatic rings. The van der Waals surface area contributed by atoms with Gasteiger partial charge >= 0.3 is 0 Å². The van der Waals surface area contributed by atoms with Gasteiger partial charge in [-0.3, -0.25) is 0 Å². The van der Waals surface area contributed by atoms with E-state index in [2.05, 4.69) is 38.1 Å². The topological polar surface area (TPSA) is 24.1 Å². The van der Waals surface area contributed by atoms with E-state index in [0.29, 0.717) is 12.1 Å². The average Bonchev–Trinajstić information content (AvgIpc) is 3.81. The van der Waals surface area contributed by atoms with Crippen molar-refractivity contribution >= 4 is 17.2 Å². The van der Waals surface area contributed by atoms with Crippen LogP contribution in [-0.4, -0.2) is 36.5 Å². The fourth-order valence-electron chi connectivity index (χ4n) is 14.0.